The zero-order valence-corrected chi connectivity index (χ0v) is 7.41. The molecule has 0 aliphatic heterocycles. The Morgan fingerprint density at radius 1 is 1.11 bits per heavy atom. The molecule has 4 N–H and O–H groups in total. The largest absolute Gasteiger partial charge is 0.612 e. The second kappa shape index (κ2) is 8.53. The minimum atomic E-state index is -0.750. The number of aliphatic hydroxyl groups excluding tert-OH is 2. The van der Waals surface area contributed by atoms with Gasteiger partial charge in [-0.05, 0) is 12.5 Å². The number of hydrogen-bond donors (Lipinski definition) is 2. The number of nitrogens with zero attached hydrogens (tertiary/aromatic N) is 1. The molecule has 0 spiro atoms. The first-order valence-electron chi connectivity index (χ1n) is 2.19. The molecular weight excluding hydrogens is 206 g/mol. The first-order valence-corrected chi connectivity index (χ1v) is 2.19. The van der Waals surface area contributed by atoms with Crippen molar-refractivity contribution in [3.05, 3.63) is 5.32 Å². The van der Waals surface area contributed by atoms with Gasteiger partial charge in [0.2, 0.25) is 0 Å². The van der Waals surface area contributed by atoms with Crippen LogP contribution in [0.1, 0.15) is 13.8 Å². The molecule has 9 heavy (non-hydrogen) atoms. The zero-order valence-electron chi connectivity index (χ0n) is 5.40. The minimum Gasteiger partial charge on any atom is -0.612 e. The summed E-state index contributed by atoms with van der Waals surface area (Å²) in [6, 6.07) is 0. The maximum Gasteiger partial charge on any atom is 0 e. The van der Waals surface area contributed by atoms with Crippen molar-refractivity contribution in [2.45, 2.75) is 26.3 Å². The minimum absolute atomic E-state index is 0. The van der Waals surface area contributed by atoms with Gasteiger partial charge < -0.3 is 21.0 Å². The van der Waals surface area contributed by atoms with Gasteiger partial charge in [-0.3, -0.25) is 0 Å². The molecule has 0 saturated carbocycles. The van der Waals surface area contributed by atoms with Gasteiger partial charge in [-0.1, -0.05) is 13.8 Å². The van der Waals surface area contributed by atoms with Gasteiger partial charge in [0.1, 0.15) is 0 Å². The van der Waals surface area contributed by atoms with Crippen molar-refractivity contribution in [3.8, 4) is 0 Å². The summed E-state index contributed by atoms with van der Waals surface area (Å²) in [5.41, 5.74) is 0. The second-order valence-electron chi connectivity index (χ2n) is 1.41. The number of aliphatic hydroxyl groups is 2. The van der Waals surface area contributed by atoms with E-state index in [2.05, 4.69) is 5.32 Å². The Balaban J connectivity index is -0.000000180. The molecule has 2 unspecified atom stereocenters. The van der Waals surface area contributed by atoms with Crippen LogP contribution in [0.5, 0.6) is 0 Å². The molecule has 0 aromatic rings. The molecule has 0 aromatic heterocycles. The molecule has 0 aromatic carbocycles. The van der Waals surface area contributed by atoms with Crippen LogP contribution in [0, 0.1) is 0 Å². The Morgan fingerprint density at radius 3 is 1.33 bits per heavy atom. The molecule has 0 rings (SSSR count). The third-order valence-corrected chi connectivity index (χ3v) is 0.431. The molecule has 0 bridgehead atoms. The van der Waals surface area contributed by atoms with Crippen LogP contribution >= 0.6 is 0 Å². The van der Waals surface area contributed by atoms with E-state index in [0.717, 1.165) is 0 Å². The molecule has 5 heteroatoms. The van der Waals surface area contributed by atoms with Gasteiger partial charge >= 0.3 is 0 Å². The van der Waals surface area contributed by atoms with Gasteiger partial charge in [0.25, 0.3) is 0 Å². The van der Waals surface area contributed by atoms with E-state index in [1.165, 1.54) is 13.8 Å². The topological polar surface area (TPSA) is 86.1 Å². The molecule has 4 nitrogen and oxygen atoms in total. The van der Waals surface area contributed by atoms with Gasteiger partial charge in [0.05, 0.1) is 0 Å². The molecule has 0 aliphatic carbocycles. The predicted octanol–water partition coefficient (Wildman–Crippen LogP) is -0.790. The maximum atomic E-state index is 8.40. The normalized spacial score (nSPS) is 14.7. The fraction of sp³-hybridized carbons (Fsp3) is 1.00. The first-order chi connectivity index (χ1) is 3.13. The quantitative estimate of drug-likeness (QED) is 0.595. The summed E-state index contributed by atoms with van der Waals surface area (Å²) >= 11 is 0. The number of hydrogen-bond acceptors (Lipinski definition) is 2. The van der Waals surface area contributed by atoms with Gasteiger partial charge in [0, 0.05) is 21.1 Å². The van der Waals surface area contributed by atoms with Crippen molar-refractivity contribution in [3.63, 3.8) is 0 Å². The van der Waals surface area contributed by atoms with Gasteiger partial charge in [-0.2, -0.15) is 0 Å². The molecule has 0 radical (unpaired) electrons. The predicted molar refractivity (Wildman–Crippen MR) is 30.3 cm³/mol. The van der Waals surface area contributed by atoms with Crippen molar-refractivity contribution in [2.75, 3.05) is 0 Å². The molecule has 0 heterocycles. The Kier molecular flexibility index (Phi) is 15.4. The third-order valence-electron chi connectivity index (χ3n) is 0.431. The number of rotatable bonds is 2. The van der Waals surface area contributed by atoms with E-state index < -0.39 is 12.5 Å². The molecule has 0 fully saturated rings. The smallest absolute Gasteiger partial charge is 0 e. The van der Waals surface area contributed by atoms with Crippen molar-refractivity contribution in [2.24, 2.45) is 0 Å². The Labute approximate surface area is 68.8 Å². The molecule has 0 saturated heterocycles. The van der Waals surface area contributed by atoms with E-state index >= 15 is 0 Å². The summed E-state index contributed by atoms with van der Waals surface area (Å²) in [5.74, 6) is 0. The Morgan fingerprint density at radius 2 is 1.33 bits per heavy atom. The van der Waals surface area contributed by atoms with Crippen LogP contribution in [0.4, 0.5) is 0 Å². The van der Waals surface area contributed by atoms with Crippen molar-refractivity contribution >= 4 is 0 Å². The SMILES string of the molecule is CC(O)[N-]C(C)O.O.[Mo]. The summed E-state index contributed by atoms with van der Waals surface area (Å²) in [7, 11) is 0. The standard InChI is InChI=1S/C4H10NO2.Mo.H2O/c1-3(6)5-4(2)7;;/h3-4,6-7H,1-2H3;;1H2/q-1;;. The van der Waals surface area contributed by atoms with Crippen LogP contribution in [-0.4, -0.2) is 28.1 Å². The van der Waals surface area contributed by atoms with Crippen LogP contribution in [0.15, 0.2) is 0 Å². The summed E-state index contributed by atoms with van der Waals surface area (Å²) in [6.45, 7) is 2.99. The summed E-state index contributed by atoms with van der Waals surface area (Å²) < 4.78 is 0. The first kappa shape index (κ1) is 16.3. The van der Waals surface area contributed by atoms with Crippen molar-refractivity contribution < 1.29 is 36.8 Å². The average Bonchev–Trinajstić information content (AvgIpc) is 1.27. The van der Waals surface area contributed by atoms with Crippen LogP contribution in [0.3, 0.4) is 0 Å². The van der Waals surface area contributed by atoms with Crippen LogP contribution in [0.2, 0.25) is 0 Å². The molecular formula is C4H12MoNO3-. The monoisotopic (exact) mass is 220 g/mol. The van der Waals surface area contributed by atoms with Crippen molar-refractivity contribution in [1.82, 2.24) is 0 Å². The van der Waals surface area contributed by atoms with Crippen LogP contribution < -0.4 is 0 Å². The zero-order chi connectivity index (χ0) is 5.86. The van der Waals surface area contributed by atoms with Crippen LogP contribution in [0.25, 0.3) is 5.32 Å². The van der Waals surface area contributed by atoms with Gasteiger partial charge in [-0.15, -0.1) is 0 Å². The average molecular weight is 218 g/mol. The van der Waals surface area contributed by atoms with Gasteiger partial charge in [-0.25, -0.2) is 0 Å². The van der Waals surface area contributed by atoms with E-state index in [9.17, 15) is 0 Å². The van der Waals surface area contributed by atoms with Gasteiger partial charge in [0.15, 0.2) is 0 Å². The molecule has 0 aliphatic rings. The third kappa shape index (κ3) is 17.7. The van der Waals surface area contributed by atoms with E-state index in [1.54, 1.807) is 0 Å². The Hall–Kier alpha value is 0.528. The fourth-order valence-electron chi connectivity index (χ4n) is 0.312. The fourth-order valence-corrected chi connectivity index (χ4v) is 0.312. The van der Waals surface area contributed by atoms with Crippen LogP contribution in [-0.2, 0) is 21.1 Å². The maximum absolute atomic E-state index is 8.40. The van der Waals surface area contributed by atoms with E-state index in [-0.39, 0.29) is 26.5 Å². The van der Waals surface area contributed by atoms with E-state index in [0.29, 0.717) is 0 Å². The summed E-state index contributed by atoms with van der Waals surface area (Å²) in [5, 5.41) is 20.2. The second-order valence-corrected chi connectivity index (χ2v) is 1.41. The Bertz CT molecular complexity index is 45.1. The molecule has 0 amide bonds. The molecule has 2 atom stereocenters. The van der Waals surface area contributed by atoms with E-state index in [1.807, 2.05) is 0 Å². The summed E-state index contributed by atoms with van der Waals surface area (Å²) in [6.07, 6.45) is -1.50. The van der Waals surface area contributed by atoms with Crippen molar-refractivity contribution in [1.29, 1.82) is 0 Å². The summed E-state index contributed by atoms with van der Waals surface area (Å²) in [4.78, 5) is 0. The van der Waals surface area contributed by atoms with E-state index in [4.69, 9.17) is 10.2 Å². The molecule has 58 valence electrons.